The number of ether oxygens (including phenoxy) is 3. The van der Waals surface area contributed by atoms with Crippen molar-refractivity contribution in [3.05, 3.63) is 33.1 Å². The van der Waals surface area contributed by atoms with E-state index in [1.165, 1.54) is 25.7 Å². The van der Waals surface area contributed by atoms with E-state index in [1.807, 2.05) is 4.98 Å². The molecule has 300 valence electrons. The summed E-state index contributed by atoms with van der Waals surface area (Å²) in [7, 11) is -11.2. The van der Waals surface area contributed by atoms with Crippen LogP contribution in [0.4, 0.5) is 0 Å². The fourth-order valence-electron chi connectivity index (χ4n) is 5.71. The predicted molar refractivity (Wildman–Crippen MR) is 177 cm³/mol. The summed E-state index contributed by atoms with van der Waals surface area (Å²) >= 11 is 0. The van der Waals surface area contributed by atoms with E-state index in [2.05, 4.69) is 15.8 Å². The molecule has 0 bridgehead atoms. The van der Waals surface area contributed by atoms with Gasteiger partial charge in [0.2, 0.25) is 0 Å². The Hall–Kier alpha value is -1.91. The highest BCUT2D eigenvalue weighted by Crippen LogP contribution is 2.61. The number of aromatic nitrogens is 2. The van der Waals surface area contributed by atoms with Gasteiger partial charge in [-0.15, -0.1) is 0 Å². The second-order valence-electron chi connectivity index (χ2n) is 12.7. The smallest absolute Gasteiger partial charge is 0.458 e. The molecule has 3 heterocycles. The van der Waals surface area contributed by atoms with Gasteiger partial charge in [-0.05, 0) is 6.42 Å². The van der Waals surface area contributed by atoms with Gasteiger partial charge in [0.25, 0.3) is 5.56 Å². The number of aliphatic hydroxyl groups excluding tert-OH is 5. The van der Waals surface area contributed by atoms with E-state index in [0.29, 0.717) is 12.8 Å². The second kappa shape index (κ2) is 20.7. The lowest BCUT2D eigenvalue weighted by atomic mass is 9.97. The number of nitrogens with two attached hydrogens (primary N) is 1. The zero-order chi connectivity index (χ0) is 38.6. The summed E-state index contributed by atoms with van der Waals surface area (Å²) in [5.74, 6) is -0.981. The van der Waals surface area contributed by atoms with Gasteiger partial charge in [-0.2, -0.15) is 4.31 Å². The van der Waals surface area contributed by atoms with Crippen molar-refractivity contribution in [2.75, 3.05) is 13.2 Å². The summed E-state index contributed by atoms with van der Waals surface area (Å²) in [5.41, 5.74) is 4.25. The zero-order valence-corrected chi connectivity index (χ0v) is 30.4. The first-order valence-electron chi connectivity index (χ1n) is 17.1. The van der Waals surface area contributed by atoms with Crippen LogP contribution in [0, 0.1) is 0 Å². The van der Waals surface area contributed by atoms with Crippen molar-refractivity contribution < 1.29 is 76.8 Å². The summed E-state index contributed by atoms with van der Waals surface area (Å²) < 4.78 is 55.5. The quantitative estimate of drug-likeness (QED) is 0.0402. The SMILES string of the molecule is CCCCCCCCCCCC(O)CC(=O)O[C@@H]1[C@@H](N)[C@H](OP(=O)(O)OP(=O)(O)OC[C@H]2O[C@@H](n3ccc(=O)[nH]c3=O)[C@H](O)[C@@H]2O)O[C@H](CO)[C@H]1O. The molecular weight excluding hydrogens is 740 g/mol. The lowest BCUT2D eigenvalue weighted by Gasteiger charge is -2.42. The standard InChI is InChI=1S/C29H51N3O18P2/c1-2-3-4-5-6-7-8-9-10-11-17(34)14-21(36)48-26-22(30)28(47-18(15-33)24(26)38)49-52(43,44)50-51(41,42)45-16-19-23(37)25(39)27(46-19)32-13-12-20(35)31-29(32)40/h12-13,17-19,22-28,33-34,37-39H,2-11,14-16,30H2,1H3,(H,41,42)(H,43,44)(H,31,35,40)/t17?,18-,19-,22-,23-,24-,25-,26-,27-,28+/m1/s1. The minimum absolute atomic E-state index is 0.314. The van der Waals surface area contributed by atoms with Crippen molar-refractivity contribution in [3.8, 4) is 0 Å². The number of carbonyl (C=O) groups excluding carboxylic acids is 1. The van der Waals surface area contributed by atoms with Crippen LogP contribution in [0.2, 0.25) is 0 Å². The Labute approximate surface area is 298 Å². The molecule has 2 aliphatic rings. The molecule has 0 aliphatic carbocycles. The highest BCUT2D eigenvalue weighted by Gasteiger charge is 2.50. The van der Waals surface area contributed by atoms with Crippen LogP contribution in [0.1, 0.15) is 83.8 Å². The van der Waals surface area contributed by atoms with Gasteiger partial charge in [0.15, 0.2) is 18.6 Å². The fraction of sp³-hybridized carbons (Fsp3) is 0.828. The van der Waals surface area contributed by atoms with Crippen LogP contribution in [0.15, 0.2) is 21.9 Å². The third-order valence-electron chi connectivity index (χ3n) is 8.52. The Balaban J connectivity index is 1.51. The van der Waals surface area contributed by atoms with Crippen molar-refractivity contribution in [1.29, 1.82) is 0 Å². The van der Waals surface area contributed by atoms with Gasteiger partial charge in [0.1, 0.15) is 30.5 Å². The van der Waals surface area contributed by atoms with Crippen molar-refractivity contribution in [1.82, 2.24) is 9.55 Å². The Morgan fingerprint density at radius 2 is 1.60 bits per heavy atom. The molecule has 23 heteroatoms. The fourth-order valence-corrected chi connectivity index (χ4v) is 7.89. The molecule has 0 saturated carbocycles. The summed E-state index contributed by atoms with van der Waals surface area (Å²) in [5, 5.41) is 51.2. The molecular formula is C29H51N3O18P2. The summed E-state index contributed by atoms with van der Waals surface area (Å²) in [6, 6.07) is -0.791. The van der Waals surface area contributed by atoms with Crippen LogP contribution < -0.4 is 17.0 Å². The molecule has 0 aromatic carbocycles. The molecule has 12 atom stereocenters. The van der Waals surface area contributed by atoms with Gasteiger partial charge in [-0.3, -0.25) is 28.2 Å². The van der Waals surface area contributed by atoms with Gasteiger partial charge in [-0.1, -0.05) is 64.7 Å². The normalized spacial score (nSPS) is 30.8. The number of hydrogen-bond donors (Lipinski definition) is 9. The number of unbranched alkanes of at least 4 members (excludes halogenated alkanes) is 8. The van der Waals surface area contributed by atoms with Gasteiger partial charge < -0.3 is 55.3 Å². The van der Waals surface area contributed by atoms with Gasteiger partial charge in [0.05, 0.1) is 31.8 Å². The molecule has 3 rings (SSSR count). The molecule has 2 aliphatic heterocycles. The van der Waals surface area contributed by atoms with Crippen LogP contribution in [0.5, 0.6) is 0 Å². The summed E-state index contributed by atoms with van der Waals surface area (Å²) in [6.07, 6.45) is -4.54. The molecule has 1 aromatic rings. The number of nitrogens with one attached hydrogen (secondary N) is 1. The number of phosphoric ester groups is 2. The molecule has 1 aromatic heterocycles. The molecule has 10 N–H and O–H groups in total. The number of nitrogens with zero attached hydrogens (tertiary/aromatic N) is 1. The minimum Gasteiger partial charge on any atom is -0.458 e. The van der Waals surface area contributed by atoms with Crippen molar-refractivity contribution >= 4 is 21.6 Å². The highest BCUT2D eigenvalue weighted by atomic mass is 31.3. The molecule has 21 nitrogen and oxygen atoms in total. The van der Waals surface area contributed by atoms with Gasteiger partial charge in [0, 0.05) is 12.3 Å². The number of rotatable bonds is 22. The molecule has 0 amide bonds. The summed E-state index contributed by atoms with van der Waals surface area (Å²) in [4.78, 5) is 58.3. The summed E-state index contributed by atoms with van der Waals surface area (Å²) in [6.45, 7) is 0.202. The Kier molecular flexibility index (Phi) is 17.7. The van der Waals surface area contributed by atoms with Gasteiger partial charge >= 0.3 is 27.3 Å². The topological polar surface area (TPSA) is 329 Å². The average molecular weight is 792 g/mol. The zero-order valence-electron chi connectivity index (χ0n) is 28.7. The molecule has 52 heavy (non-hydrogen) atoms. The van der Waals surface area contributed by atoms with Crippen LogP contribution in [-0.2, 0) is 41.5 Å². The molecule has 2 fully saturated rings. The maximum Gasteiger partial charge on any atom is 0.483 e. The number of carbonyl (C=O) groups is 1. The van der Waals surface area contributed by atoms with Gasteiger partial charge in [-0.25, -0.2) is 13.9 Å². The third kappa shape index (κ3) is 13.4. The minimum atomic E-state index is -5.67. The number of hydrogen-bond acceptors (Lipinski definition) is 17. The Morgan fingerprint density at radius 3 is 2.21 bits per heavy atom. The Morgan fingerprint density at radius 1 is 0.962 bits per heavy atom. The first-order valence-corrected chi connectivity index (χ1v) is 20.1. The van der Waals surface area contributed by atoms with Crippen molar-refractivity contribution in [2.45, 2.75) is 139 Å². The Bertz CT molecular complexity index is 1480. The van der Waals surface area contributed by atoms with Crippen LogP contribution in [0.3, 0.4) is 0 Å². The van der Waals surface area contributed by atoms with Crippen molar-refractivity contribution in [3.63, 3.8) is 0 Å². The molecule has 0 radical (unpaired) electrons. The highest BCUT2D eigenvalue weighted by molar-refractivity contribution is 7.61. The van der Waals surface area contributed by atoms with E-state index in [-0.39, 0.29) is 0 Å². The van der Waals surface area contributed by atoms with Crippen LogP contribution in [0.25, 0.3) is 0 Å². The average Bonchev–Trinajstić information content (AvgIpc) is 3.34. The van der Waals surface area contributed by atoms with E-state index in [4.69, 9.17) is 24.5 Å². The van der Waals surface area contributed by atoms with E-state index >= 15 is 0 Å². The maximum atomic E-state index is 12.7. The number of aromatic amines is 1. The number of phosphoric acid groups is 2. The van der Waals surface area contributed by atoms with Crippen LogP contribution >= 0.6 is 15.6 Å². The van der Waals surface area contributed by atoms with E-state index in [9.17, 15) is 58.8 Å². The van der Waals surface area contributed by atoms with Crippen LogP contribution in [-0.4, -0.2) is 119 Å². The third-order valence-corrected chi connectivity index (χ3v) is 11.1. The first kappa shape index (κ1) is 44.5. The van der Waals surface area contributed by atoms with E-state index < -0.39 is 114 Å². The molecule has 3 unspecified atom stereocenters. The number of aliphatic hydroxyl groups is 5. The van der Waals surface area contributed by atoms with E-state index in [0.717, 1.165) is 42.5 Å². The van der Waals surface area contributed by atoms with E-state index in [1.54, 1.807) is 0 Å². The number of esters is 1. The first-order chi connectivity index (χ1) is 24.5. The predicted octanol–water partition coefficient (Wildman–Crippen LogP) is -0.604. The van der Waals surface area contributed by atoms with Crippen molar-refractivity contribution in [2.24, 2.45) is 5.73 Å². The largest absolute Gasteiger partial charge is 0.483 e. The monoisotopic (exact) mass is 791 g/mol. The maximum absolute atomic E-state index is 12.7. The number of H-pyrrole nitrogens is 1. The lowest BCUT2D eigenvalue weighted by Crippen LogP contribution is -2.63. The molecule has 0 spiro atoms. The lowest BCUT2D eigenvalue weighted by molar-refractivity contribution is -0.249. The molecule has 2 saturated heterocycles. The second-order valence-corrected chi connectivity index (χ2v) is 15.7.